The van der Waals surface area contributed by atoms with Gasteiger partial charge in [-0.2, -0.15) is 13.2 Å². The fraction of sp³-hybridized carbons (Fsp3) is 0.576. The Morgan fingerprint density at radius 1 is 0.652 bits per heavy atom. The number of alkyl halides is 3. The van der Waals surface area contributed by atoms with E-state index < -0.39 is 17.7 Å². The molecule has 0 fully saturated rings. The van der Waals surface area contributed by atoms with Gasteiger partial charge in [-0.25, -0.2) is 4.79 Å². The molecule has 0 bridgehead atoms. The largest absolute Gasteiger partial charge is 0.463 e. The van der Waals surface area contributed by atoms with Crippen molar-refractivity contribution in [2.45, 2.75) is 45.2 Å². The zero-order chi connectivity index (χ0) is 33.3. The van der Waals surface area contributed by atoms with Gasteiger partial charge in [-0.3, -0.25) is 4.79 Å². The number of para-hydroxylation sites is 1. The van der Waals surface area contributed by atoms with Gasteiger partial charge in [-0.1, -0.05) is 44.4 Å². The quantitative estimate of drug-likeness (QED) is 0.0927. The van der Waals surface area contributed by atoms with Gasteiger partial charge in [0.2, 0.25) is 0 Å². The number of esters is 2. The van der Waals surface area contributed by atoms with Crippen molar-refractivity contribution in [3.05, 3.63) is 59.7 Å². The maximum Gasteiger partial charge on any atom is 0.416 e. The number of anilines is 2. The molecule has 0 heterocycles. The van der Waals surface area contributed by atoms with Crippen LogP contribution in [0.5, 0.6) is 0 Å². The number of halogens is 3. The Kier molecular flexibility index (Phi) is 20.3. The van der Waals surface area contributed by atoms with Crippen molar-refractivity contribution in [3.8, 4) is 0 Å². The molecule has 0 saturated heterocycles. The predicted molar refractivity (Wildman–Crippen MR) is 165 cm³/mol. The fourth-order valence-corrected chi connectivity index (χ4v) is 3.93. The van der Waals surface area contributed by atoms with Crippen LogP contribution in [0, 0.1) is 0 Å². The minimum atomic E-state index is -4.48. The summed E-state index contributed by atoms with van der Waals surface area (Å²) in [6, 6.07) is 11.1. The van der Waals surface area contributed by atoms with Gasteiger partial charge >= 0.3 is 18.1 Å². The number of nitrogens with one attached hydrogen (secondary N) is 1. The van der Waals surface area contributed by atoms with E-state index in [-0.39, 0.29) is 37.0 Å². The molecule has 0 radical (unpaired) electrons. The van der Waals surface area contributed by atoms with Crippen molar-refractivity contribution in [3.63, 3.8) is 0 Å². The Labute approximate surface area is 268 Å². The summed E-state index contributed by atoms with van der Waals surface area (Å²) in [7, 11) is 0. The molecule has 0 aliphatic rings. The lowest BCUT2D eigenvalue weighted by Gasteiger charge is -2.13. The summed E-state index contributed by atoms with van der Waals surface area (Å²) in [5.41, 5.74) is -0.0935. The molecular formula is C33H46F3NO9. The molecule has 0 saturated carbocycles. The van der Waals surface area contributed by atoms with Gasteiger partial charge in [0.25, 0.3) is 0 Å². The van der Waals surface area contributed by atoms with E-state index >= 15 is 0 Å². The van der Waals surface area contributed by atoms with Crippen LogP contribution >= 0.6 is 0 Å². The first-order valence-electron chi connectivity index (χ1n) is 15.6. The minimum Gasteiger partial charge on any atom is -0.463 e. The molecular weight excluding hydrogens is 611 g/mol. The lowest BCUT2D eigenvalue weighted by Crippen LogP contribution is -2.16. The van der Waals surface area contributed by atoms with Crippen LogP contribution in [-0.2, 0) is 44.1 Å². The SMILES string of the molecule is CCCCCCC(=O)OCCOCCOCCOCCOCCOCCOC(=O)c1ccccc1Nc1cccc(C(F)(F)F)c1. The van der Waals surface area contributed by atoms with E-state index in [2.05, 4.69) is 12.2 Å². The zero-order valence-corrected chi connectivity index (χ0v) is 26.4. The summed E-state index contributed by atoms with van der Waals surface area (Å²) in [6.45, 7) is 5.94. The number of benzene rings is 2. The first kappa shape index (κ1) is 39.0. The van der Waals surface area contributed by atoms with Crippen molar-refractivity contribution in [2.24, 2.45) is 0 Å². The molecule has 10 nitrogen and oxygen atoms in total. The van der Waals surface area contributed by atoms with Gasteiger partial charge in [0.1, 0.15) is 13.2 Å². The molecule has 0 unspecified atom stereocenters. The fourth-order valence-electron chi connectivity index (χ4n) is 3.93. The molecule has 2 rings (SSSR count). The second kappa shape index (κ2) is 24.0. The van der Waals surface area contributed by atoms with Gasteiger partial charge in [-0.15, -0.1) is 0 Å². The Hall–Kier alpha value is -3.23. The van der Waals surface area contributed by atoms with E-state index in [1.54, 1.807) is 18.2 Å². The third kappa shape index (κ3) is 18.1. The monoisotopic (exact) mass is 657 g/mol. The normalized spacial score (nSPS) is 11.4. The molecule has 0 amide bonds. The molecule has 0 aromatic heterocycles. The van der Waals surface area contributed by atoms with E-state index in [1.807, 2.05) is 0 Å². The van der Waals surface area contributed by atoms with E-state index in [0.29, 0.717) is 71.6 Å². The van der Waals surface area contributed by atoms with Crippen LogP contribution in [-0.4, -0.2) is 91.2 Å². The van der Waals surface area contributed by atoms with Gasteiger partial charge in [0, 0.05) is 12.1 Å². The summed E-state index contributed by atoms with van der Waals surface area (Å²) >= 11 is 0. The molecule has 13 heteroatoms. The van der Waals surface area contributed by atoms with Crippen LogP contribution in [0.2, 0.25) is 0 Å². The summed E-state index contributed by atoms with van der Waals surface area (Å²) in [4.78, 5) is 24.1. The van der Waals surface area contributed by atoms with Crippen LogP contribution in [0.3, 0.4) is 0 Å². The third-order valence-electron chi connectivity index (χ3n) is 6.29. The Morgan fingerprint density at radius 2 is 1.20 bits per heavy atom. The number of hydrogen-bond donors (Lipinski definition) is 1. The molecule has 1 N–H and O–H groups in total. The summed E-state index contributed by atoms with van der Waals surface area (Å²) in [5.74, 6) is -0.811. The van der Waals surface area contributed by atoms with Crippen LogP contribution in [0.25, 0.3) is 0 Å². The minimum absolute atomic E-state index is 0.00246. The van der Waals surface area contributed by atoms with Gasteiger partial charge < -0.3 is 38.5 Å². The average molecular weight is 658 g/mol. The van der Waals surface area contributed by atoms with E-state index in [0.717, 1.165) is 37.8 Å². The van der Waals surface area contributed by atoms with Crippen LogP contribution in [0.1, 0.15) is 54.9 Å². The van der Waals surface area contributed by atoms with Crippen molar-refractivity contribution in [2.75, 3.05) is 84.6 Å². The molecule has 2 aromatic rings. The lowest BCUT2D eigenvalue weighted by atomic mass is 10.1. The van der Waals surface area contributed by atoms with Gasteiger partial charge in [0.05, 0.1) is 82.9 Å². The third-order valence-corrected chi connectivity index (χ3v) is 6.29. The molecule has 0 aliphatic carbocycles. The maximum atomic E-state index is 13.0. The number of unbranched alkanes of at least 4 members (excludes halogenated alkanes) is 3. The maximum absolute atomic E-state index is 13.0. The van der Waals surface area contributed by atoms with E-state index in [1.165, 1.54) is 18.2 Å². The number of carbonyl (C=O) groups is 2. The molecule has 2 aromatic carbocycles. The first-order chi connectivity index (χ1) is 22.3. The summed E-state index contributed by atoms with van der Waals surface area (Å²) in [5, 5.41) is 2.85. The standard InChI is InChI=1S/C33H46F3NO9/c1-2-3-4-5-13-31(38)45-24-22-43-20-18-41-16-14-40-15-17-42-19-21-44-23-25-46-32(39)29-11-6-7-12-30(29)37-28-10-8-9-27(26-28)33(34,35)36/h6-12,26,37H,2-5,13-25H2,1H3. The van der Waals surface area contributed by atoms with E-state index in [9.17, 15) is 22.8 Å². The average Bonchev–Trinajstić information content (AvgIpc) is 3.04. The van der Waals surface area contributed by atoms with Crippen molar-refractivity contribution < 1.29 is 55.9 Å². The molecule has 0 spiro atoms. The van der Waals surface area contributed by atoms with Gasteiger partial charge in [0.15, 0.2) is 0 Å². The number of rotatable bonds is 26. The number of carbonyl (C=O) groups excluding carboxylic acids is 2. The first-order valence-corrected chi connectivity index (χ1v) is 15.6. The van der Waals surface area contributed by atoms with Crippen LogP contribution in [0.15, 0.2) is 48.5 Å². The number of hydrogen-bond acceptors (Lipinski definition) is 10. The van der Waals surface area contributed by atoms with Crippen molar-refractivity contribution >= 4 is 23.3 Å². The van der Waals surface area contributed by atoms with Crippen LogP contribution in [0.4, 0.5) is 24.5 Å². The summed E-state index contributed by atoms with van der Waals surface area (Å²) < 4.78 is 76.5. The van der Waals surface area contributed by atoms with Crippen molar-refractivity contribution in [1.82, 2.24) is 0 Å². The second-order valence-electron chi connectivity index (χ2n) is 9.98. The Bertz CT molecular complexity index is 1120. The predicted octanol–water partition coefficient (Wildman–Crippen LogP) is 6.20. The smallest absolute Gasteiger partial charge is 0.416 e. The lowest BCUT2D eigenvalue weighted by molar-refractivity contribution is -0.145. The Balaban J connectivity index is 1.41. The highest BCUT2D eigenvalue weighted by Gasteiger charge is 2.30. The topological polar surface area (TPSA) is 111 Å². The van der Waals surface area contributed by atoms with Crippen molar-refractivity contribution in [1.29, 1.82) is 0 Å². The highest BCUT2D eigenvalue weighted by molar-refractivity contribution is 5.96. The molecule has 46 heavy (non-hydrogen) atoms. The number of ether oxygens (including phenoxy) is 7. The highest BCUT2D eigenvalue weighted by atomic mass is 19.4. The van der Waals surface area contributed by atoms with E-state index in [4.69, 9.17) is 33.2 Å². The molecule has 258 valence electrons. The zero-order valence-electron chi connectivity index (χ0n) is 26.4. The highest BCUT2D eigenvalue weighted by Crippen LogP contribution is 2.32. The van der Waals surface area contributed by atoms with Crippen LogP contribution < -0.4 is 5.32 Å². The molecule has 0 atom stereocenters. The Morgan fingerprint density at radius 3 is 1.76 bits per heavy atom. The summed E-state index contributed by atoms with van der Waals surface area (Å²) in [6.07, 6.45) is 0.164. The van der Waals surface area contributed by atoms with Gasteiger partial charge in [-0.05, 0) is 36.8 Å². The molecule has 0 aliphatic heterocycles. The second-order valence-corrected chi connectivity index (χ2v) is 9.98.